The molecular weight excluding hydrogens is 216 g/mol. The van der Waals surface area contributed by atoms with E-state index in [0.717, 1.165) is 25.0 Å². The van der Waals surface area contributed by atoms with Crippen LogP contribution in [0.1, 0.15) is 35.9 Å². The summed E-state index contributed by atoms with van der Waals surface area (Å²) < 4.78 is 1.56. The highest BCUT2D eigenvalue weighted by Gasteiger charge is 2.21. The van der Waals surface area contributed by atoms with Crippen molar-refractivity contribution in [2.24, 2.45) is 7.05 Å². The quantitative estimate of drug-likeness (QED) is 0.767. The highest BCUT2D eigenvalue weighted by molar-refractivity contribution is 5.98. The fraction of sp³-hybridized carbons (Fsp3) is 0.500. The molecule has 0 bridgehead atoms. The third-order valence-electron chi connectivity index (χ3n) is 3.05. The lowest BCUT2D eigenvalue weighted by Crippen LogP contribution is -2.34. The second-order valence-electron chi connectivity index (χ2n) is 4.30. The largest absolute Gasteiger partial charge is 0.395 e. The summed E-state index contributed by atoms with van der Waals surface area (Å²) in [6.45, 7) is 1.97. The third kappa shape index (κ3) is 2.18. The van der Waals surface area contributed by atoms with E-state index in [1.54, 1.807) is 11.7 Å². The fourth-order valence-corrected chi connectivity index (χ4v) is 2.12. The molecule has 1 amide bonds. The molecule has 1 aromatic heterocycles. The van der Waals surface area contributed by atoms with Gasteiger partial charge >= 0.3 is 0 Å². The zero-order valence-corrected chi connectivity index (χ0v) is 10.2. The summed E-state index contributed by atoms with van der Waals surface area (Å²) in [6, 6.07) is 0.196. The SMILES string of the molecule is CCc1nn(C)c(C(=O)NC2CC=CC2)c1N. The molecule has 1 aromatic rings. The van der Waals surface area contributed by atoms with Crippen LogP contribution in [0.25, 0.3) is 0 Å². The van der Waals surface area contributed by atoms with E-state index in [9.17, 15) is 4.79 Å². The number of amides is 1. The summed E-state index contributed by atoms with van der Waals surface area (Å²) in [4.78, 5) is 12.1. The summed E-state index contributed by atoms with van der Waals surface area (Å²) >= 11 is 0. The van der Waals surface area contributed by atoms with E-state index in [4.69, 9.17) is 5.73 Å². The molecule has 5 heteroatoms. The standard InChI is InChI=1S/C12H18N4O/c1-3-9-10(13)11(16(2)15-9)12(17)14-8-6-4-5-7-8/h4-5,8H,3,6-7,13H2,1-2H3,(H,14,17). The van der Waals surface area contributed by atoms with E-state index >= 15 is 0 Å². The van der Waals surface area contributed by atoms with Crippen LogP contribution in [0.5, 0.6) is 0 Å². The number of rotatable bonds is 3. The zero-order valence-electron chi connectivity index (χ0n) is 10.2. The van der Waals surface area contributed by atoms with E-state index in [1.807, 2.05) is 6.92 Å². The number of nitrogens with two attached hydrogens (primary N) is 1. The van der Waals surface area contributed by atoms with Crippen LogP contribution in [0.2, 0.25) is 0 Å². The number of aryl methyl sites for hydroxylation is 2. The van der Waals surface area contributed by atoms with Crippen molar-refractivity contribution in [2.75, 3.05) is 5.73 Å². The van der Waals surface area contributed by atoms with Gasteiger partial charge in [-0.25, -0.2) is 0 Å². The average molecular weight is 234 g/mol. The minimum atomic E-state index is -0.133. The normalized spacial score (nSPS) is 15.4. The predicted molar refractivity (Wildman–Crippen MR) is 66.6 cm³/mol. The van der Waals surface area contributed by atoms with Crippen LogP contribution in [0.3, 0.4) is 0 Å². The molecule has 1 heterocycles. The van der Waals surface area contributed by atoms with Crippen LogP contribution in [0, 0.1) is 0 Å². The average Bonchev–Trinajstić information content (AvgIpc) is 2.87. The molecule has 0 fully saturated rings. The van der Waals surface area contributed by atoms with Crippen molar-refractivity contribution in [1.29, 1.82) is 0 Å². The maximum atomic E-state index is 12.1. The molecule has 0 atom stereocenters. The molecule has 0 spiro atoms. The lowest BCUT2D eigenvalue weighted by Gasteiger charge is -2.12. The predicted octanol–water partition coefficient (Wildman–Crippen LogP) is 1.01. The highest BCUT2D eigenvalue weighted by atomic mass is 16.2. The smallest absolute Gasteiger partial charge is 0.271 e. The first-order chi connectivity index (χ1) is 8.13. The highest BCUT2D eigenvalue weighted by Crippen LogP contribution is 2.18. The number of anilines is 1. The number of aromatic nitrogens is 2. The van der Waals surface area contributed by atoms with E-state index < -0.39 is 0 Å². The molecule has 0 radical (unpaired) electrons. The Bertz CT molecular complexity index is 453. The van der Waals surface area contributed by atoms with E-state index in [2.05, 4.69) is 22.6 Å². The molecule has 0 saturated heterocycles. The van der Waals surface area contributed by atoms with Crippen molar-refractivity contribution in [3.8, 4) is 0 Å². The Morgan fingerprint density at radius 1 is 1.59 bits per heavy atom. The summed E-state index contributed by atoms with van der Waals surface area (Å²) in [6.07, 6.45) is 6.68. The van der Waals surface area contributed by atoms with Gasteiger partial charge in [-0.05, 0) is 19.3 Å². The van der Waals surface area contributed by atoms with Gasteiger partial charge in [-0.2, -0.15) is 5.10 Å². The molecule has 0 unspecified atom stereocenters. The van der Waals surface area contributed by atoms with Crippen molar-refractivity contribution in [3.05, 3.63) is 23.5 Å². The Kier molecular flexibility index (Phi) is 3.17. The molecule has 0 aliphatic heterocycles. The first-order valence-corrected chi connectivity index (χ1v) is 5.90. The van der Waals surface area contributed by atoms with Crippen LogP contribution in [-0.4, -0.2) is 21.7 Å². The number of hydrogen-bond donors (Lipinski definition) is 2. The van der Waals surface area contributed by atoms with Crippen LogP contribution in [0.4, 0.5) is 5.69 Å². The van der Waals surface area contributed by atoms with Crippen LogP contribution < -0.4 is 11.1 Å². The van der Waals surface area contributed by atoms with Crippen LogP contribution in [0.15, 0.2) is 12.2 Å². The Balaban J connectivity index is 2.15. The zero-order chi connectivity index (χ0) is 12.4. The van der Waals surface area contributed by atoms with E-state index in [0.29, 0.717) is 11.4 Å². The number of carbonyl (C=O) groups is 1. The van der Waals surface area contributed by atoms with E-state index in [-0.39, 0.29) is 11.9 Å². The van der Waals surface area contributed by atoms with Gasteiger partial charge in [0, 0.05) is 13.1 Å². The van der Waals surface area contributed by atoms with Gasteiger partial charge in [0.05, 0.1) is 11.4 Å². The minimum absolute atomic E-state index is 0.133. The number of nitrogen functional groups attached to an aromatic ring is 1. The van der Waals surface area contributed by atoms with Crippen molar-refractivity contribution in [3.63, 3.8) is 0 Å². The molecule has 92 valence electrons. The maximum Gasteiger partial charge on any atom is 0.271 e. The number of carbonyl (C=O) groups excluding carboxylic acids is 1. The van der Waals surface area contributed by atoms with Gasteiger partial charge in [0.15, 0.2) is 0 Å². The van der Waals surface area contributed by atoms with Gasteiger partial charge in [0.25, 0.3) is 5.91 Å². The van der Waals surface area contributed by atoms with Crippen LogP contribution in [-0.2, 0) is 13.5 Å². The molecule has 5 nitrogen and oxygen atoms in total. The van der Waals surface area contributed by atoms with Crippen molar-refractivity contribution >= 4 is 11.6 Å². The Labute approximate surface area is 101 Å². The Morgan fingerprint density at radius 2 is 2.24 bits per heavy atom. The molecule has 17 heavy (non-hydrogen) atoms. The minimum Gasteiger partial charge on any atom is -0.395 e. The van der Waals surface area contributed by atoms with Crippen LogP contribution >= 0.6 is 0 Å². The maximum absolute atomic E-state index is 12.1. The first-order valence-electron chi connectivity index (χ1n) is 5.90. The van der Waals surface area contributed by atoms with E-state index in [1.165, 1.54) is 0 Å². The summed E-state index contributed by atoms with van der Waals surface area (Å²) in [5.41, 5.74) is 7.67. The summed E-state index contributed by atoms with van der Waals surface area (Å²) in [5.74, 6) is -0.133. The lowest BCUT2D eigenvalue weighted by molar-refractivity contribution is 0.0930. The number of nitrogens with zero attached hydrogens (tertiary/aromatic N) is 2. The number of hydrogen-bond acceptors (Lipinski definition) is 3. The topological polar surface area (TPSA) is 72.9 Å². The van der Waals surface area contributed by atoms with Crippen molar-refractivity contribution in [1.82, 2.24) is 15.1 Å². The summed E-state index contributed by atoms with van der Waals surface area (Å²) in [5, 5.41) is 7.21. The Hall–Kier alpha value is -1.78. The fourth-order valence-electron chi connectivity index (χ4n) is 2.12. The molecule has 0 saturated carbocycles. The molecule has 2 rings (SSSR count). The third-order valence-corrected chi connectivity index (χ3v) is 3.05. The molecular formula is C12H18N4O. The second kappa shape index (κ2) is 4.61. The lowest BCUT2D eigenvalue weighted by atomic mass is 10.2. The Morgan fingerprint density at radius 3 is 2.76 bits per heavy atom. The first kappa shape index (κ1) is 11.7. The van der Waals surface area contributed by atoms with Gasteiger partial charge in [-0.3, -0.25) is 9.48 Å². The molecule has 1 aliphatic rings. The van der Waals surface area contributed by atoms with Crippen molar-refractivity contribution in [2.45, 2.75) is 32.2 Å². The van der Waals surface area contributed by atoms with Gasteiger partial charge in [-0.15, -0.1) is 0 Å². The van der Waals surface area contributed by atoms with Gasteiger partial charge in [0.1, 0.15) is 5.69 Å². The second-order valence-corrected chi connectivity index (χ2v) is 4.30. The number of nitrogens with one attached hydrogen (secondary N) is 1. The molecule has 3 N–H and O–H groups in total. The summed E-state index contributed by atoms with van der Waals surface area (Å²) in [7, 11) is 1.75. The molecule has 1 aliphatic carbocycles. The van der Waals surface area contributed by atoms with Gasteiger partial charge < -0.3 is 11.1 Å². The molecule has 0 aromatic carbocycles. The van der Waals surface area contributed by atoms with Gasteiger partial charge in [0.2, 0.25) is 0 Å². The van der Waals surface area contributed by atoms with Gasteiger partial charge in [-0.1, -0.05) is 19.1 Å². The van der Waals surface area contributed by atoms with Crippen molar-refractivity contribution < 1.29 is 4.79 Å². The monoisotopic (exact) mass is 234 g/mol.